The molecule has 0 atom stereocenters. The molecule has 1 aliphatic carbocycles. The molecule has 15 rings (SSSR count). The molecular formula is C75H59BN2S. The third kappa shape index (κ3) is 7.34. The Balaban J connectivity index is 1.04. The van der Waals surface area contributed by atoms with Crippen molar-refractivity contribution < 1.29 is 0 Å². The van der Waals surface area contributed by atoms with E-state index < -0.39 is 5.41 Å². The molecule has 0 bridgehead atoms. The maximum absolute atomic E-state index is 2.61. The Labute approximate surface area is 469 Å². The Morgan fingerprint density at radius 1 is 0.380 bits per heavy atom. The van der Waals surface area contributed by atoms with E-state index in [4.69, 9.17) is 0 Å². The summed E-state index contributed by atoms with van der Waals surface area (Å²) < 4.78 is 2.48. The molecule has 0 N–H and O–H groups in total. The van der Waals surface area contributed by atoms with Crippen molar-refractivity contribution >= 4 is 73.7 Å². The molecule has 0 unspecified atom stereocenters. The predicted molar refractivity (Wildman–Crippen MR) is 336 cm³/mol. The van der Waals surface area contributed by atoms with Crippen molar-refractivity contribution in [1.29, 1.82) is 0 Å². The van der Waals surface area contributed by atoms with Crippen molar-refractivity contribution in [2.45, 2.75) is 67.6 Å². The van der Waals surface area contributed by atoms with Gasteiger partial charge < -0.3 is 9.47 Å². The molecule has 0 saturated heterocycles. The van der Waals surface area contributed by atoms with Gasteiger partial charge in [-0.1, -0.05) is 253 Å². The molecule has 2 nitrogen and oxygen atoms in total. The summed E-state index contributed by atoms with van der Waals surface area (Å²) in [5, 5.41) is 2.51. The fourth-order valence-electron chi connectivity index (χ4n) is 13.6. The van der Waals surface area contributed by atoms with E-state index in [1.54, 1.807) is 0 Å². The van der Waals surface area contributed by atoms with Crippen molar-refractivity contribution in [2.75, 3.05) is 4.90 Å². The van der Waals surface area contributed by atoms with Gasteiger partial charge in [0.05, 0.1) is 16.4 Å². The summed E-state index contributed by atoms with van der Waals surface area (Å²) in [6.45, 7) is 14.0. The summed E-state index contributed by atoms with van der Waals surface area (Å²) in [5.41, 5.74) is 25.8. The molecule has 12 aromatic rings. The number of rotatable bonds is 6. The van der Waals surface area contributed by atoms with Crippen LogP contribution in [0.4, 0.5) is 17.1 Å². The van der Waals surface area contributed by atoms with Crippen LogP contribution in [0.2, 0.25) is 0 Å². The molecule has 11 aromatic carbocycles. The molecule has 0 amide bonds. The first-order valence-corrected chi connectivity index (χ1v) is 28.7. The fraction of sp³-hybridized carbons (Fsp3) is 0.120. The van der Waals surface area contributed by atoms with Crippen LogP contribution in [-0.4, -0.2) is 11.3 Å². The molecule has 3 aliphatic rings. The first-order chi connectivity index (χ1) is 38.4. The fourth-order valence-corrected chi connectivity index (χ4v) is 14.7. The average Bonchev–Trinajstić information content (AvgIpc) is 3.08. The number of hydrogen-bond acceptors (Lipinski definition) is 2. The Bertz CT molecular complexity index is 4290. The van der Waals surface area contributed by atoms with Gasteiger partial charge in [0.2, 0.25) is 6.71 Å². The van der Waals surface area contributed by atoms with Crippen molar-refractivity contribution in [3.05, 3.63) is 282 Å². The zero-order valence-corrected chi connectivity index (χ0v) is 46.4. The Morgan fingerprint density at radius 3 is 1.56 bits per heavy atom. The minimum Gasteiger partial charge on any atom is -0.311 e. The van der Waals surface area contributed by atoms with Crippen molar-refractivity contribution in [2.24, 2.45) is 0 Å². The molecule has 1 aromatic heterocycles. The zero-order valence-electron chi connectivity index (χ0n) is 45.6. The SMILES string of the molecule is CC(C)(C)c1cc(-c2ccc3c(c2)B2c4ccc(-n5c6ccccc6c6ccccc65)cc4N(c4ccc(-c5ccccc5)cc4)c4cc(C5(c6ccccc6)c6ccccc6-c6ccccc65)cc(c42)S3)cc(C(C)(C)C)c1. The summed E-state index contributed by atoms with van der Waals surface area (Å²) in [6, 6.07) is 94.7. The molecule has 4 heteroatoms. The third-order valence-electron chi connectivity index (χ3n) is 17.4. The van der Waals surface area contributed by atoms with Gasteiger partial charge in [-0.15, -0.1) is 0 Å². The molecule has 2 aliphatic heterocycles. The lowest BCUT2D eigenvalue weighted by Gasteiger charge is -2.42. The Morgan fingerprint density at radius 2 is 0.924 bits per heavy atom. The Hall–Kier alpha value is -8.57. The van der Waals surface area contributed by atoms with E-state index in [2.05, 4.69) is 300 Å². The van der Waals surface area contributed by atoms with Gasteiger partial charge in [0.1, 0.15) is 0 Å². The maximum Gasteiger partial charge on any atom is 0.249 e. The summed E-state index contributed by atoms with van der Waals surface area (Å²) in [6.07, 6.45) is 0. The maximum atomic E-state index is 2.61. The first kappa shape index (κ1) is 47.6. The number of aromatic nitrogens is 1. The number of benzene rings is 11. The smallest absolute Gasteiger partial charge is 0.249 e. The van der Waals surface area contributed by atoms with E-state index in [0.29, 0.717) is 0 Å². The van der Waals surface area contributed by atoms with Gasteiger partial charge in [0, 0.05) is 43.3 Å². The highest BCUT2D eigenvalue weighted by Crippen LogP contribution is 2.58. The van der Waals surface area contributed by atoms with Gasteiger partial charge in [-0.3, -0.25) is 0 Å². The monoisotopic (exact) mass is 1030 g/mol. The van der Waals surface area contributed by atoms with Crippen LogP contribution in [0.15, 0.2) is 259 Å². The van der Waals surface area contributed by atoms with Crippen LogP contribution >= 0.6 is 11.8 Å². The van der Waals surface area contributed by atoms with Crippen LogP contribution in [0.3, 0.4) is 0 Å². The highest BCUT2D eigenvalue weighted by molar-refractivity contribution is 8.00. The summed E-state index contributed by atoms with van der Waals surface area (Å²) in [4.78, 5) is 5.21. The second kappa shape index (κ2) is 17.7. The molecule has 0 spiro atoms. The summed E-state index contributed by atoms with van der Waals surface area (Å²) >= 11 is 1.94. The molecular weight excluding hydrogens is 972 g/mol. The number of hydrogen-bond donors (Lipinski definition) is 0. The van der Waals surface area contributed by atoms with Crippen LogP contribution in [0.25, 0.3) is 60.9 Å². The molecule has 0 radical (unpaired) electrons. The van der Waals surface area contributed by atoms with Crippen molar-refractivity contribution in [3.8, 4) is 39.1 Å². The lowest BCUT2D eigenvalue weighted by Crippen LogP contribution is -2.60. The average molecular weight is 1030 g/mol. The number of nitrogens with zero attached hydrogens (tertiary/aromatic N) is 2. The quantitative estimate of drug-likeness (QED) is 0.153. The van der Waals surface area contributed by atoms with Crippen LogP contribution in [0.1, 0.15) is 74.9 Å². The normalized spacial score (nSPS) is 13.9. The minimum absolute atomic E-state index is 0.0117. The van der Waals surface area contributed by atoms with E-state index in [1.165, 1.54) is 126 Å². The van der Waals surface area contributed by atoms with E-state index in [0.717, 1.165) is 11.4 Å². The first-order valence-electron chi connectivity index (χ1n) is 27.9. The van der Waals surface area contributed by atoms with Crippen LogP contribution < -0.4 is 21.3 Å². The van der Waals surface area contributed by atoms with Crippen molar-refractivity contribution in [1.82, 2.24) is 4.57 Å². The lowest BCUT2D eigenvalue weighted by atomic mass is 9.34. The second-order valence-electron chi connectivity index (χ2n) is 24.1. The summed E-state index contributed by atoms with van der Waals surface area (Å²) in [7, 11) is 0. The third-order valence-corrected chi connectivity index (χ3v) is 18.6. The van der Waals surface area contributed by atoms with Crippen LogP contribution in [-0.2, 0) is 16.2 Å². The molecule has 378 valence electrons. The lowest BCUT2D eigenvalue weighted by molar-refractivity contribution is 0.569. The van der Waals surface area contributed by atoms with E-state index >= 15 is 0 Å². The van der Waals surface area contributed by atoms with Gasteiger partial charge >= 0.3 is 0 Å². The minimum atomic E-state index is -0.600. The molecule has 0 fully saturated rings. The van der Waals surface area contributed by atoms with Gasteiger partial charge in [-0.05, 0) is 143 Å². The molecule has 3 heterocycles. The largest absolute Gasteiger partial charge is 0.311 e. The highest BCUT2D eigenvalue weighted by Gasteiger charge is 2.49. The summed E-state index contributed by atoms with van der Waals surface area (Å²) in [5.74, 6) is 0. The standard InChI is InChI=1S/C75H59BN2S/c1-73(2,3)53-41-51(42-54(44-53)74(4,5)6)50-35-40-70-65(43-50)76-64-39-38-57(78-66-31-19-15-27-60(66)61-28-16-20-32-67(61)78)47-68(64)77(56-36-33-49(34-37-56)48-21-9-7-10-22-48)69-45-55(46-71(79-70)72(69)76)75(52-23-11-8-12-24-52)62-29-17-13-25-58(62)59-26-14-18-30-63(59)75/h7-47H,1-6H3. The molecule has 79 heavy (non-hydrogen) atoms. The van der Waals surface area contributed by atoms with Crippen LogP contribution in [0, 0.1) is 0 Å². The van der Waals surface area contributed by atoms with Gasteiger partial charge in [0.25, 0.3) is 0 Å². The predicted octanol–water partition coefficient (Wildman–Crippen LogP) is 17.8. The zero-order chi connectivity index (χ0) is 53.4. The topological polar surface area (TPSA) is 8.17 Å². The molecule has 0 saturated carbocycles. The van der Waals surface area contributed by atoms with E-state index in [1.807, 2.05) is 11.8 Å². The van der Waals surface area contributed by atoms with Gasteiger partial charge in [0.15, 0.2) is 0 Å². The van der Waals surface area contributed by atoms with Gasteiger partial charge in [-0.2, -0.15) is 0 Å². The highest BCUT2D eigenvalue weighted by atomic mass is 32.2. The van der Waals surface area contributed by atoms with Crippen molar-refractivity contribution in [3.63, 3.8) is 0 Å². The van der Waals surface area contributed by atoms with Crippen LogP contribution in [0.5, 0.6) is 0 Å². The van der Waals surface area contributed by atoms with E-state index in [9.17, 15) is 0 Å². The number of anilines is 3. The Kier molecular flexibility index (Phi) is 10.7. The number of fused-ring (bicyclic) bond motifs is 10. The second-order valence-corrected chi connectivity index (χ2v) is 25.1. The van der Waals surface area contributed by atoms with E-state index in [-0.39, 0.29) is 17.5 Å². The number of para-hydroxylation sites is 2. The van der Waals surface area contributed by atoms with Gasteiger partial charge in [-0.25, -0.2) is 0 Å².